The molecule has 0 aromatic heterocycles. The Balaban J connectivity index is 1.60. The largest absolute Gasteiger partial charge is 0.393 e. The number of ether oxygens (including phenoxy) is 1. The number of rotatable bonds is 8. The van der Waals surface area contributed by atoms with Crippen LogP contribution in [0.15, 0.2) is 0 Å². The van der Waals surface area contributed by atoms with Crippen molar-refractivity contribution in [3.8, 4) is 0 Å². The lowest BCUT2D eigenvalue weighted by atomic mass is 9.68. The highest BCUT2D eigenvalue weighted by Crippen LogP contribution is 2.47. The van der Waals surface area contributed by atoms with E-state index in [4.69, 9.17) is 4.74 Å². The molecule has 0 bridgehead atoms. The van der Waals surface area contributed by atoms with Crippen LogP contribution in [-0.4, -0.2) is 11.9 Å². The van der Waals surface area contributed by atoms with Crippen LogP contribution in [0.25, 0.3) is 0 Å². The minimum absolute atomic E-state index is 0.250. The Bertz CT molecular complexity index is 405. The van der Waals surface area contributed by atoms with Crippen molar-refractivity contribution in [3.63, 3.8) is 0 Å². The molecule has 1 aliphatic carbocycles. The molecule has 1 saturated heterocycles. The lowest BCUT2D eigenvalue weighted by molar-refractivity contribution is -0.156. The van der Waals surface area contributed by atoms with E-state index < -0.39 is 5.41 Å². The third kappa shape index (κ3) is 5.32. The molecule has 2 fully saturated rings. The van der Waals surface area contributed by atoms with Crippen LogP contribution in [0.1, 0.15) is 91.4 Å². The summed E-state index contributed by atoms with van der Waals surface area (Å²) in [7, 11) is 0. The van der Waals surface area contributed by atoms with E-state index in [9.17, 15) is 9.59 Å². The average Bonchev–Trinajstić information content (AvgIpc) is 2.75. The Morgan fingerprint density at radius 1 is 1.04 bits per heavy atom. The van der Waals surface area contributed by atoms with Crippen molar-refractivity contribution in [2.75, 3.05) is 0 Å². The fourth-order valence-corrected chi connectivity index (χ4v) is 4.27. The fourth-order valence-electron chi connectivity index (χ4n) is 4.27. The summed E-state index contributed by atoms with van der Waals surface area (Å²) in [5.41, 5.74) is -0.447. The highest BCUT2D eigenvalue weighted by molar-refractivity contribution is 5.97. The minimum atomic E-state index is -0.447. The predicted molar refractivity (Wildman–Crippen MR) is 91.8 cm³/mol. The summed E-state index contributed by atoms with van der Waals surface area (Å²) in [6.07, 6.45) is 12.2. The van der Waals surface area contributed by atoms with Crippen LogP contribution in [0.5, 0.6) is 0 Å². The molecule has 132 valence electrons. The van der Waals surface area contributed by atoms with Crippen molar-refractivity contribution in [1.82, 2.24) is 0 Å². The molecule has 0 radical (unpaired) electrons. The van der Waals surface area contributed by atoms with Gasteiger partial charge in [0.25, 0.3) is 0 Å². The van der Waals surface area contributed by atoms with Gasteiger partial charge in [-0.2, -0.15) is 0 Å². The van der Waals surface area contributed by atoms with Gasteiger partial charge < -0.3 is 4.74 Å². The van der Waals surface area contributed by atoms with Gasteiger partial charge in [0, 0.05) is 0 Å². The van der Waals surface area contributed by atoms with Crippen LogP contribution >= 0.6 is 0 Å². The van der Waals surface area contributed by atoms with E-state index in [0.717, 1.165) is 43.4 Å². The molecule has 0 amide bonds. The van der Waals surface area contributed by atoms with Gasteiger partial charge in [-0.05, 0) is 43.4 Å². The maximum Gasteiger partial charge on any atom is 0.320 e. The second kappa shape index (κ2) is 8.30. The Hall–Kier alpha value is -0.860. The van der Waals surface area contributed by atoms with Crippen molar-refractivity contribution < 1.29 is 14.3 Å². The van der Waals surface area contributed by atoms with Crippen LogP contribution in [0, 0.1) is 23.2 Å². The monoisotopic (exact) mass is 322 g/mol. The third-order valence-electron chi connectivity index (χ3n) is 5.97. The van der Waals surface area contributed by atoms with Crippen LogP contribution < -0.4 is 0 Å². The SMILES string of the molecule is CC(C)CCCC(C)CCCC1CCC2(CC1)CC(=O)OC2=O. The number of hydrogen-bond acceptors (Lipinski definition) is 3. The first kappa shape index (κ1) is 18.5. The van der Waals surface area contributed by atoms with Gasteiger partial charge >= 0.3 is 11.9 Å². The zero-order valence-electron chi connectivity index (χ0n) is 15.2. The Kier molecular flexibility index (Phi) is 6.67. The maximum absolute atomic E-state index is 11.9. The van der Waals surface area contributed by atoms with Crippen LogP contribution in [-0.2, 0) is 14.3 Å². The molecule has 1 aliphatic heterocycles. The zero-order valence-corrected chi connectivity index (χ0v) is 15.2. The standard InChI is InChI=1S/C20H34O3/c1-15(2)6-4-7-16(3)8-5-9-17-10-12-20(13-11-17)14-18(21)23-19(20)22/h15-17H,4-14H2,1-3H3. The van der Waals surface area contributed by atoms with Crippen molar-refractivity contribution in [1.29, 1.82) is 0 Å². The van der Waals surface area contributed by atoms with Crippen molar-refractivity contribution in [3.05, 3.63) is 0 Å². The summed E-state index contributed by atoms with van der Waals surface area (Å²) in [5.74, 6) is 1.84. The first-order valence-corrected chi connectivity index (χ1v) is 9.66. The van der Waals surface area contributed by atoms with E-state index in [2.05, 4.69) is 20.8 Å². The number of carbonyl (C=O) groups excluding carboxylic acids is 2. The highest BCUT2D eigenvalue weighted by atomic mass is 16.6. The van der Waals surface area contributed by atoms with E-state index in [1.807, 2.05) is 0 Å². The summed E-state index contributed by atoms with van der Waals surface area (Å²) in [5, 5.41) is 0. The molecule has 0 aromatic carbocycles. The van der Waals surface area contributed by atoms with Gasteiger partial charge in [-0.3, -0.25) is 9.59 Å². The second-order valence-corrected chi connectivity index (χ2v) is 8.52. The predicted octanol–water partition coefficient (Wildman–Crippen LogP) is 5.27. The Morgan fingerprint density at radius 3 is 2.26 bits per heavy atom. The fraction of sp³-hybridized carbons (Fsp3) is 0.900. The minimum Gasteiger partial charge on any atom is -0.393 e. The molecule has 1 spiro atoms. The summed E-state index contributed by atoms with van der Waals surface area (Å²) in [4.78, 5) is 23.2. The summed E-state index contributed by atoms with van der Waals surface area (Å²) in [6, 6.07) is 0. The number of esters is 2. The molecule has 1 saturated carbocycles. The quantitative estimate of drug-likeness (QED) is 0.451. The average molecular weight is 322 g/mol. The number of hydrogen-bond donors (Lipinski definition) is 0. The van der Waals surface area contributed by atoms with Gasteiger partial charge in [0.2, 0.25) is 0 Å². The van der Waals surface area contributed by atoms with E-state index in [1.54, 1.807) is 0 Å². The molecule has 2 rings (SSSR count). The molecule has 1 heterocycles. The van der Waals surface area contributed by atoms with Crippen LogP contribution in [0.4, 0.5) is 0 Å². The molecule has 3 heteroatoms. The molecule has 0 N–H and O–H groups in total. The van der Waals surface area contributed by atoms with E-state index in [1.165, 1.54) is 38.5 Å². The van der Waals surface area contributed by atoms with Gasteiger partial charge in [-0.15, -0.1) is 0 Å². The van der Waals surface area contributed by atoms with Crippen molar-refractivity contribution in [2.45, 2.75) is 91.4 Å². The highest BCUT2D eigenvalue weighted by Gasteiger charge is 2.50. The van der Waals surface area contributed by atoms with E-state index in [-0.39, 0.29) is 11.9 Å². The molecule has 0 aromatic rings. The lowest BCUT2D eigenvalue weighted by Gasteiger charge is -2.33. The molecular formula is C20H34O3. The van der Waals surface area contributed by atoms with Gasteiger partial charge in [0.1, 0.15) is 0 Å². The van der Waals surface area contributed by atoms with Crippen LogP contribution in [0.3, 0.4) is 0 Å². The maximum atomic E-state index is 11.9. The zero-order chi connectivity index (χ0) is 16.9. The molecule has 1 unspecified atom stereocenters. The molecule has 2 aliphatic rings. The normalized spacial score (nSPS) is 29.3. The first-order chi connectivity index (χ1) is 10.9. The molecule has 1 atom stereocenters. The summed E-state index contributed by atoms with van der Waals surface area (Å²) in [6.45, 7) is 6.98. The topological polar surface area (TPSA) is 43.4 Å². The van der Waals surface area contributed by atoms with Crippen molar-refractivity contribution in [2.24, 2.45) is 23.2 Å². The van der Waals surface area contributed by atoms with Gasteiger partial charge in [0.05, 0.1) is 11.8 Å². The Morgan fingerprint density at radius 2 is 1.70 bits per heavy atom. The van der Waals surface area contributed by atoms with Gasteiger partial charge in [0.15, 0.2) is 0 Å². The van der Waals surface area contributed by atoms with E-state index in [0.29, 0.717) is 6.42 Å². The molecular weight excluding hydrogens is 288 g/mol. The summed E-state index contributed by atoms with van der Waals surface area (Å²) >= 11 is 0. The smallest absolute Gasteiger partial charge is 0.320 e. The Labute approximate surface area is 141 Å². The number of carbonyl (C=O) groups is 2. The van der Waals surface area contributed by atoms with Gasteiger partial charge in [-0.1, -0.05) is 59.3 Å². The molecule has 23 heavy (non-hydrogen) atoms. The summed E-state index contributed by atoms with van der Waals surface area (Å²) < 4.78 is 4.78. The lowest BCUT2D eigenvalue weighted by Crippen LogP contribution is -2.31. The number of cyclic esters (lactones) is 2. The van der Waals surface area contributed by atoms with Gasteiger partial charge in [-0.25, -0.2) is 0 Å². The third-order valence-corrected chi connectivity index (χ3v) is 5.97. The molecule has 3 nitrogen and oxygen atoms in total. The van der Waals surface area contributed by atoms with Crippen LogP contribution in [0.2, 0.25) is 0 Å². The first-order valence-electron chi connectivity index (χ1n) is 9.66. The van der Waals surface area contributed by atoms with E-state index >= 15 is 0 Å². The van der Waals surface area contributed by atoms with Crippen molar-refractivity contribution >= 4 is 11.9 Å². The second-order valence-electron chi connectivity index (χ2n) is 8.52.